The molecule has 2 saturated heterocycles. The molecule has 0 aromatic heterocycles. The summed E-state index contributed by atoms with van der Waals surface area (Å²) in [5.74, 6) is 0.870. The van der Waals surface area contributed by atoms with Gasteiger partial charge in [-0.15, -0.1) is 0 Å². The molecule has 0 N–H and O–H groups in total. The Balaban J connectivity index is 0.000000602. The molecule has 2 rings (SSSR count). The summed E-state index contributed by atoms with van der Waals surface area (Å²) in [6.07, 6.45) is 5.36. The van der Waals surface area contributed by atoms with Crippen LogP contribution in [0.25, 0.3) is 0 Å². The van der Waals surface area contributed by atoms with Gasteiger partial charge in [0.1, 0.15) is 0 Å². The molecule has 2 aliphatic heterocycles. The van der Waals surface area contributed by atoms with E-state index in [9.17, 15) is 16.8 Å². The largest absolute Gasteiger partial charge is 2.00 e. The molecule has 2 fully saturated rings. The summed E-state index contributed by atoms with van der Waals surface area (Å²) in [6.45, 7) is 9.63. The maximum absolute atomic E-state index is 11.5. The van der Waals surface area contributed by atoms with E-state index in [1.807, 2.05) is 23.6 Å². The van der Waals surface area contributed by atoms with Gasteiger partial charge in [-0.25, -0.2) is 16.8 Å². The van der Waals surface area contributed by atoms with Gasteiger partial charge in [0.05, 0.1) is 34.1 Å². The van der Waals surface area contributed by atoms with Crippen LogP contribution in [0.1, 0.15) is 66.2 Å². The summed E-state index contributed by atoms with van der Waals surface area (Å²) in [4.78, 5) is 3.84. The summed E-state index contributed by atoms with van der Waals surface area (Å²) >= 11 is 20.2. The van der Waals surface area contributed by atoms with Gasteiger partial charge in [0.2, 0.25) is 0 Å². The molecule has 2 atom stereocenters. The van der Waals surface area contributed by atoms with Crippen molar-refractivity contribution in [2.75, 3.05) is 36.1 Å². The zero-order valence-electron chi connectivity index (χ0n) is 19.8. The van der Waals surface area contributed by atoms with E-state index >= 15 is 0 Å². The fraction of sp³-hybridized carbons (Fsp3) is 0.900. The third-order valence-corrected chi connectivity index (χ3v) is 10.8. The van der Waals surface area contributed by atoms with Crippen LogP contribution in [0.3, 0.4) is 0 Å². The predicted octanol–water partition coefficient (Wildman–Crippen LogP) is 2.99. The quantitative estimate of drug-likeness (QED) is 0.229. The second-order valence-corrected chi connectivity index (χ2v) is 15.7. The minimum absolute atomic E-state index is 0. The Hall–Kier alpha value is 0.639. The summed E-state index contributed by atoms with van der Waals surface area (Å²) in [5, 5.41) is 0. The number of thiocarbonyl (C=S) groups is 2. The van der Waals surface area contributed by atoms with E-state index in [-0.39, 0.29) is 51.2 Å². The third kappa shape index (κ3) is 10.3. The van der Waals surface area contributed by atoms with Gasteiger partial charge in [-0.05, 0) is 39.5 Å². The van der Waals surface area contributed by atoms with Crippen LogP contribution in [-0.4, -0.2) is 82.5 Å². The first-order valence-corrected chi connectivity index (χ1v) is 16.3. The van der Waals surface area contributed by atoms with Gasteiger partial charge >= 0.3 is 17.1 Å². The van der Waals surface area contributed by atoms with Crippen molar-refractivity contribution in [1.29, 1.82) is 0 Å². The van der Waals surface area contributed by atoms with Crippen molar-refractivity contribution < 1.29 is 33.9 Å². The predicted molar refractivity (Wildman–Crippen MR) is 147 cm³/mol. The van der Waals surface area contributed by atoms with Gasteiger partial charge in [0.25, 0.3) is 0 Å². The van der Waals surface area contributed by atoms with Crippen molar-refractivity contribution in [3.05, 3.63) is 0 Å². The normalized spacial score (nSPS) is 27.0. The van der Waals surface area contributed by atoms with Crippen molar-refractivity contribution in [3.63, 3.8) is 0 Å². The Morgan fingerprint density at radius 3 is 1.27 bits per heavy atom. The van der Waals surface area contributed by atoms with Crippen LogP contribution in [0.2, 0.25) is 0 Å². The number of hydrogen-bond donors (Lipinski definition) is 0. The maximum Gasteiger partial charge on any atom is 2.00 e. The van der Waals surface area contributed by atoms with Crippen LogP contribution >= 0.6 is 24.4 Å². The third-order valence-electron chi connectivity index (χ3n) is 6.18. The Morgan fingerprint density at radius 2 is 1.09 bits per heavy atom. The average Bonchev–Trinajstić information content (AvgIpc) is 3.10. The number of hydrogen-bond acceptors (Lipinski definition) is 8. The topological polar surface area (TPSA) is 74.8 Å². The van der Waals surface area contributed by atoms with Crippen LogP contribution in [0.4, 0.5) is 0 Å². The van der Waals surface area contributed by atoms with E-state index in [4.69, 9.17) is 49.7 Å². The molecule has 0 aromatic carbocycles. The van der Waals surface area contributed by atoms with Crippen LogP contribution < -0.4 is 0 Å². The molecule has 197 valence electrons. The molecular formula is C20H36CuN2O4S6. The number of rotatable bonds is 8. The Kier molecular flexibility index (Phi) is 14.1. The molecule has 13 heteroatoms. The van der Waals surface area contributed by atoms with Gasteiger partial charge in [-0.1, -0.05) is 35.3 Å². The van der Waals surface area contributed by atoms with E-state index in [1.165, 1.54) is 0 Å². The maximum atomic E-state index is 11.5. The molecule has 0 amide bonds. The van der Waals surface area contributed by atoms with Gasteiger partial charge in [-0.2, -0.15) is 0 Å². The standard InChI is InChI=1S/2C10H19NO2S3.Cu/c2*1-3-4-6-11(9(14)15)10(2)5-7-16(12,13)8-10;/h2*3-8H2,1-2H3,(H,14,15);/q;;+2/p-2. The molecule has 0 spiro atoms. The Labute approximate surface area is 233 Å². The summed E-state index contributed by atoms with van der Waals surface area (Å²) < 4.78 is 47.0. The van der Waals surface area contributed by atoms with E-state index in [0.29, 0.717) is 21.5 Å². The first-order valence-electron chi connectivity index (χ1n) is 11.0. The van der Waals surface area contributed by atoms with Gasteiger partial charge in [0, 0.05) is 13.1 Å². The molecule has 6 nitrogen and oxygen atoms in total. The molecule has 33 heavy (non-hydrogen) atoms. The average molecular weight is 624 g/mol. The Morgan fingerprint density at radius 1 is 0.788 bits per heavy atom. The van der Waals surface area contributed by atoms with Gasteiger partial charge < -0.3 is 59.5 Å². The monoisotopic (exact) mass is 623 g/mol. The minimum atomic E-state index is -2.91. The number of nitrogens with zero attached hydrogens (tertiary/aromatic N) is 2. The fourth-order valence-electron chi connectivity index (χ4n) is 4.21. The summed E-state index contributed by atoms with van der Waals surface area (Å²) in [7, 11) is -5.81. The zero-order valence-corrected chi connectivity index (χ0v) is 25.6. The van der Waals surface area contributed by atoms with Crippen LogP contribution in [0, 0.1) is 0 Å². The molecule has 0 bridgehead atoms. The van der Waals surface area contributed by atoms with E-state index in [1.54, 1.807) is 0 Å². The van der Waals surface area contributed by atoms with E-state index in [2.05, 4.69) is 13.8 Å². The van der Waals surface area contributed by atoms with Crippen molar-refractivity contribution in [2.24, 2.45) is 0 Å². The molecule has 0 saturated carbocycles. The molecule has 0 aliphatic carbocycles. The fourth-order valence-corrected chi connectivity index (χ4v) is 9.74. The van der Waals surface area contributed by atoms with Crippen LogP contribution in [-0.2, 0) is 62.0 Å². The van der Waals surface area contributed by atoms with Crippen molar-refractivity contribution in [1.82, 2.24) is 9.80 Å². The summed E-state index contributed by atoms with van der Waals surface area (Å²) in [5.41, 5.74) is -0.764. The van der Waals surface area contributed by atoms with Crippen LogP contribution in [0.5, 0.6) is 0 Å². The first kappa shape index (κ1) is 33.6. The van der Waals surface area contributed by atoms with Crippen molar-refractivity contribution in [3.8, 4) is 0 Å². The van der Waals surface area contributed by atoms with Gasteiger partial charge in [-0.3, -0.25) is 0 Å². The second-order valence-electron chi connectivity index (χ2n) is 9.22. The van der Waals surface area contributed by atoms with E-state index in [0.717, 1.165) is 38.8 Å². The number of sulfone groups is 2. The van der Waals surface area contributed by atoms with Crippen LogP contribution in [0.15, 0.2) is 0 Å². The SMILES string of the molecule is CCCCN(C(=S)[S-])C1(C)CCS(=O)(=O)C1.CCCCN(C(=S)[S-])C1(C)CCS(=O)(=O)C1.[Cu+2]. The summed E-state index contributed by atoms with van der Waals surface area (Å²) in [6, 6.07) is 0. The molecule has 0 aromatic rings. The molecule has 2 unspecified atom stereocenters. The Bertz CT molecular complexity index is 811. The molecule has 2 aliphatic rings. The van der Waals surface area contributed by atoms with E-state index < -0.39 is 19.7 Å². The molecular weight excluding hydrogens is 588 g/mol. The zero-order chi connectivity index (χ0) is 24.8. The number of unbranched alkanes of at least 4 members (excludes halogenated alkanes) is 2. The van der Waals surface area contributed by atoms with Crippen molar-refractivity contribution in [2.45, 2.75) is 77.3 Å². The molecule has 2 heterocycles. The first-order chi connectivity index (χ1) is 14.6. The van der Waals surface area contributed by atoms with Gasteiger partial charge in [0.15, 0.2) is 19.7 Å². The molecule has 1 radical (unpaired) electrons. The smallest absolute Gasteiger partial charge is 0.411 e. The second kappa shape index (κ2) is 13.8. The minimum Gasteiger partial charge on any atom is -0.411 e. The van der Waals surface area contributed by atoms with Crippen molar-refractivity contribution >= 4 is 78.0 Å².